The zero-order chi connectivity index (χ0) is 48.7. The van der Waals surface area contributed by atoms with Crippen LogP contribution in [0.4, 0.5) is 0 Å². The fourth-order valence-corrected chi connectivity index (χ4v) is 9.64. The molecule has 66 heavy (non-hydrogen) atoms. The van der Waals surface area contributed by atoms with E-state index in [-0.39, 0.29) is 6.42 Å². The summed E-state index contributed by atoms with van der Waals surface area (Å²) in [5.41, 5.74) is 0. The lowest BCUT2D eigenvalue weighted by molar-refractivity contribution is -0.220. The van der Waals surface area contributed by atoms with E-state index >= 15 is 0 Å². The second kappa shape index (κ2) is 41.6. The highest BCUT2D eigenvalue weighted by Crippen LogP contribution is 2.47. The number of hydrogen-bond donors (Lipinski definition) is 9. The van der Waals surface area contributed by atoms with E-state index in [4.69, 9.17) is 9.05 Å². The van der Waals surface area contributed by atoms with Crippen LogP contribution in [0.3, 0.4) is 0 Å². The highest BCUT2D eigenvalue weighted by Gasteiger charge is 2.51. The molecule has 0 aromatic heterocycles. The van der Waals surface area contributed by atoms with Gasteiger partial charge in [0.2, 0.25) is 5.91 Å². The van der Waals surface area contributed by atoms with Gasteiger partial charge in [-0.1, -0.05) is 224 Å². The first-order valence-electron chi connectivity index (χ1n) is 26.9. The van der Waals surface area contributed by atoms with Crippen LogP contribution in [0.15, 0.2) is 24.3 Å². The minimum Gasteiger partial charge on any atom is -0.393 e. The zero-order valence-electron chi connectivity index (χ0n) is 41.6. The molecule has 1 aliphatic rings. The minimum absolute atomic E-state index is 0.248. The fraction of sp³-hybridized carbons (Fsp3) is 0.904. The molecule has 0 aromatic carbocycles. The van der Waals surface area contributed by atoms with Crippen LogP contribution in [-0.4, -0.2) is 108 Å². The molecular weight excluding hydrogens is 862 g/mol. The normalized spacial score (nSPS) is 22.5. The summed E-state index contributed by atoms with van der Waals surface area (Å²) in [5.74, 6) is -0.599. The van der Waals surface area contributed by atoms with Crippen LogP contribution in [0.25, 0.3) is 0 Å². The Morgan fingerprint density at radius 1 is 0.530 bits per heavy atom. The SMILES string of the molecule is CCCCCCCCCCC/C=C/CC/C=C/C(O)C(COP(=O)(O)OC1C(O)C(O)C(O)C(O)C1O)NC(=O)CC(O)CCCCCCCCCCCCCCCCCCCCCCC. The second-order valence-corrected chi connectivity index (χ2v) is 20.7. The number of aliphatic hydroxyl groups excluding tert-OH is 7. The first kappa shape index (κ1) is 62.8. The quantitative estimate of drug-likeness (QED) is 0.0158. The Balaban J connectivity index is 2.44. The maximum Gasteiger partial charge on any atom is 0.472 e. The van der Waals surface area contributed by atoms with E-state index in [1.165, 1.54) is 167 Å². The molecule has 8 atom stereocenters. The van der Waals surface area contributed by atoms with Crippen molar-refractivity contribution in [3.63, 3.8) is 0 Å². The Kier molecular flexibility index (Phi) is 39.5. The van der Waals surface area contributed by atoms with E-state index in [9.17, 15) is 50.0 Å². The zero-order valence-corrected chi connectivity index (χ0v) is 42.5. The van der Waals surface area contributed by atoms with Gasteiger partial charge in [0.1, 0.15) is 36.6 Å². The average Bonchev–Trinajstić information content (AvgIpc) is 3.29. The summed E-state index contributed by atoms with van der Waals surface area (Å²) >= 11 is 0. The molecule has 0 bridgehead atoms. The van der Waals surface area contributed by atoms with Crippen molar-refractivity contribution in [1.82, 2.24) is 5.32 Å². The van der Waals surface area contributed by atoms with Gasteiger partial charge in [-0.3, -0.25) is 13.8 Å². The second-order valence-electron chi connectivity index (χ2n) is 19.3. The van der Waals surface area contributed by atoms with Crippen molar-refractivity contribution in [3.8, 4) is 0 Å². The van der Waals surface area contributed by atoms with E-state index in [1.54, 1.807) is 6.08 Å². The Labute approximate surface area is 401 Å². The maximum absolute atomic E-state index is 13.0. The van der Waals surface area contributed by atoms with Gasteiger partial charge in [0.05, 0.1) is 31.3 Å². The van der Waals surface area contributed by atoms with E-state index in [0.717, 1.165) is 44.9 Å². The van der Waals surface area contributed by atoms with Crippen LogP contribution in [0, 0.1) is 0 Å². The van der Waals surface area contributed by atoms with Gasteiger partial charge in [-0.15, -0.1) is 0 Å². The molecule has 0 saturated heterocycles. The van der Waals surface area contributed by atoms with Crippen LogP contribution in [0.1, 0.15) is 239 Å². The Bertz CT molecular complexity index is 1230. The first-order chi connectivity index (χ1) is 31.8. The van der Waals surface area contributed by atoms with Crippen molar-refractivity contribution in [2.24, 2.45) is 0 Å². The minimum atomic E-state index is -5.15. The lowest BCUT2D eigenvalue weighted by atomic mass is 9.85. The highest BCUT2D eigenvalue weighted by atomic mass is 31.2. The summed E-state index contributed by atoms with van der Waals surface area (Å²) in [7, 11) is -5.15. The maximum atomic E-state index is 13.0. The van der Waals surface area contributed by atoms with Crippen molar-refractivity contribution in [1.29, 1.82) is 0 Å². The number of nitrogens with one attached hydrogen (secondary N) is 1. The number of phosphoric acid groups is 1. The molecule has 0 radical (unpaired) electrons. The predicted octanol–water partition coefficient (Wildman–Crippen LogP) is 10.3. The van der Waals surface area contributed by atoms with E-state index < -0.39 is 75.2 Å². The van der Waals surface area contributed by atoms with Gasteiger partial charge in [-0.25, -0.2) is 4.57 Å². The van der Waals surface area contributed by atoms with Crippen LogP contribution >= 0.6 is 7.82 Å². The molecule has 1 fully saturated rings. The molecule has 1 saturated carbocycles. The molecule has 8 unspecified atom stereocenters. The molecule has 1 amide bonds. The summed E-state index contributed by atoms with van der Waals surface area (Å²) in [4.78, 5) is 23.5. The number of allylic oxidation sites excluding steroid dienone is 3. The number of unbranched alkanes of at least 4 members (excludes halogenated alkanes) is 30. The lowest BCUT2D eigenvalue weighted by Gasteiger charge is -2.41. The predicted molar refractivity (Wildman–Crippen MR) is 266 cm³/mol. The molecular formula is C52H100NO12P. The number of hydrogen-bond acceptors (Lipinski definition) is 11. The molecule has 1 rings (SSSR count). The standard InChI is InChI=1S/C52H100NO12P/c1-3-5-7-9-11-13-15-17-19-20-21-22-23-24-26-27-29-31-33-35-37-39-43(54)41-46(56)53-44(42-64-66(62,63)65-52-50(60)48(58)47(57)49(59)51(52)61)45(55)40-38-36-34-32-30-28-25-18-16-14-12-10-8-6-4-2/h30,32,38,40,43-45,47-52,54-55,57-61H,3-29,31,33-37,39,41-42H2,1-2H3,(H,53,56)(H,62,63)/b32-30+,40-38+. The number of rotatable bonds is 45. The molecule has 13 nitrogen and oxygen atoms in total. The lowest BCUT2D eigenvalue weighted by Crippen LogP contribution is -2.64. The molecule has 0 heterocycles. The van der Waals surface area contributed by atoms with Gasteiger partial charge in [0.15, 0.2) is 0 Å². The molecule has 1 aliphatic carbocycles. The fourth-order valence-electron chi connectivity index (χ4n) is 8.67. The van der Waals surface area contributed by atoms with Crippen molar-refractivity contribution < 1.29 is 59.0 Å². The third-order valence-electron chi connectivity index (χ3n) is 13.0. The number of aliphatic hydroxyl groups is 7. The number of phosphoric ester groups is 1. The van der Waals surface area contributed by atoms with Gasteiger partial charge < -0.3 is 46.0 Å². The first-order valence-corrected chi connectivity index (χ1v) is 28.4. The molecule has 390 valence electrons. The Morgan fingerprint density at radius 3 is 1.33 bits per heavy atom. The summed E-state index contributed by atoms with van der Waals surface area (Å²) in [6, 6.07) is -1.25. The van der Waals surface area contributed by atoms with Crippen LogP contribution < -0.4 is 5.32 Å². The molecule has 0 aliphatic heterocycles. The monoisotopic (exact) mass is 962 g/mol. The third-order valence-corrected chi connectivity index (χ3v) is 14.0. The highest BCUT2D eigenvalue weighted by molar-refractivity contribution is 7.47. The summed E-state index contributed by atoms with van der Waals surface area (Å²) in [5, 5.41) is 74.7. The summed E-state index contributed by atoms with van der Waals surface area (Å²) < 4.78 is 22.9. The molecule has 9 N–H and O–H groups in total. The topological polar surface area (TPSA) is 226 Å². The largest absolute Gasteiger partial charge is 0.472 e. The van der Waals surface area contributed by atoms with Gasteiger partial charge in [-0.05, 0) is 32.1 Å². The third kappa shape index (κ3) is 32.6. The Hall–Kier alpha value is -1.22. The van der Waals surface area contributed by atoms with E-state index in [1.807, 2.05) is 0 Å². The molecule has 0 aromatic rings. The van der Waals surface area contributed by atoms with Crippen LogP contribution in [0.2, 0.25) is 0 Å². The summed E-state index contributed by atoms with van der Waals surface area (Å²) in [6.07, 6.45) is 34.1. The smallest absolute Gasteiger partial charge is 0.393 e. The van der Waals surface area contributed by atoms with E-state index in [2.05, 4.69) is 31.3 Å². The van der Waals surface area contributed by atoms with Crippen molar-refractivity contribution in [3.05, 3.63) is 24.3 Å². The molecule has 0 spiro atoms. The Morgan fingerprint density at radius 2 is 0.894 bits per heavy atom. The van der Waals surface area contributed by atoms with Crippen LogP contribution in [-0.2, 0) is 18.4 Å². The van der Waals surface area contributed by atoms with Crippen molar-refractivity contribution in [2.75, 3.05) is 6.61 Å². The number of carbonyl (C=O) groups is 1. The van der Waals surface area contributed by atoms with Gasteiger partial charge >= 0.3 is 7.82 Å². The van der Waals surface area contributed by atoms with Gasteiger partial charge in [-0.2, -0.15) is 0 Å². The average molecular weight is 962 g/mol. The number of amides is 1. The van der Waals surface area contributed by atoms with Crippen molar-refractivity contribution >= 4 is 13.7 Å². The van der Waals surface area contributed by atoms with Crippen LogP contribution in [0.5, 0.6) is 0 Å². The van der Waals surface area contributed by atoms with Gasteiger partial charge in [0, 0.05) is 0 Å². The van der Waals surface area contributed by atoms with Crippen molar-refractivity contribution in [2.45, 2.75) is 293 Å². The van der Waals surface area contributed by atoms with E-state index in [0.29, 0.717) is 12.8 Å². The molecule has 14 heteroatoms. The number of carbonyl (C=O) groups excluding carboxylic acids is 1. The van der Waals surface area contributed by atoms with Gasteiger partial charge in [0.25, 0.3) is 0 Å². The summed E-state index contributed by atoms with van der Waals surface area (Å²) in [6.45, 7) is 3.75.